The molecule has 2 N–H and O–H groups in total. The molecule has 27 heavy (non-hydrogen) atoms. The van der Waals surface area contributed by atoms with E-state index in [9.17, 15) is 9.18 Å². The molecule has 0 radical (unpaired) electrons. The fourth-order valence-electron chi connectivity index (χ4n) is 3.62. The lowest BCUT2D eigenvalue weighted by atomic mass is 9.94. The highest BCUT2D eigenvalue weighted by molar-refractivity contribution is 5.82. The number of halogens is 1. The Balaban J connectivity index is 1.52. The van der Waals surface area contributed by atoms with E-state index in [1.165, 1.54) is 12.3 Å². The topological polar surface area (TPSA) is 79.4 Å². The predicted molar refractivity (Wildman–Crippen MR) is 96.6 cm³/mol. The minimum absolute atomic E-state index is 0.00698. The van der Waals surface area contributed by atoms with Gasteiger partial charge in [0.1, 0.15) is 11.7 Å². The molecule has 3 heterocycles. The van der Waals surface area contributed by atoms with E-state index in [1.807, 2.05) is 4.90 Å². The van der Waals surface area contributed by atoms with Gasteiger partial charge in [0.2, 0.25) is 11.8 Å². The van der Waals surface area contributed by atoms with Gasteiger partial charge in [-0.15, -0.1) is 0 Å². The highest BCUT2D eigenvalue weighted by Crippen LogP contribution is 2.33. The van der Waals surface area contributed by atoms with Gasteiger partial charge in [0.05, 0.1) is 0 Å². The second kappa shape index (κ2) is 7.98. The van der Waals surface area contributed by atoms with Crippen molar-refractivity contribution in [2.45, 2.75) is 31.2 Å². The first-order chi connectivity index (χ1) is 13.2. The lowest BCUT2D eigenvalue weighted by molar-refractivity contribution is -0.134. The summed E-state index contributed by atoms with van der Waals surface area (Å²) < 4.78 is 19.7. The van der Waals surface area contributed by atoms with Crippen LogP contribution in [-0.4, -0.2) is 46.5 Å². The average Bonchev–Trinajstić information content (AvgIpc) is 3.24. The van der Waals surface area contributed by atoms with E-state index in [1.54, 1.807) is 24.4 Å². The van der Waals surface area contributed by atoms with Crippen molar-refractivity contribution in [1.29, 1.82) is 0 Å². The number of ether oxygens (including phenoxy) is 1. The van der Waals surface area contributed by atoms with Gasteiger partial charge in [-0.3, -0.25) is 15.2 Å². The zero-order chi connectivity index (χ0) is 18.6. The summed E-state index contributed by atoms with van der Waals surface area (Å²) in [5, 5.41) is 0. The van der Waals surface area contributed by atoms with Crippen molar-refractivity contribution in [3.8, 4) is 11.6 Å². The molecule has 7 nitrogen and oxygen atoms in total. The Kier molecular flexibility index (Phi) is 5.26. The van der Waals surface area contributed by atoms with E-state index in [-0.39, 0.29) is 23.6 Å². The molecular weight excluding hydrogens is 349 g/mol. The van der Waals surface area contributed by atoms with Crippen LogP contribution in [0, 0.1) is 5.82 Å². The first-order valence-electron chi connectivity index (χ1n) is 9.23. The maximum atomic E-state index is 14.0. The number of nitrogens with one attached hydrogen (secondary N) is 2. The van der Waals surface area contributed by atoms with Gasteiger partial charge >= 0.3 is 0 Å². The normalized spacial score (nSPS) is 22.6. The maximum absolute atomic E-state index is 14.0. The van der Waals surface area contributed by atoms with Crippen LogP contribution >= 0.6 is 0 Å². The molecule has 0 saturated carbocycles. The van der Waals surface area contributed by atoms with Gasteiger partial charge < -0.3 is 9.64 Å². The summed E-state index contributed by atoms with van der Waals surface area (Å²) >= 11 is 0. The van der Waals surface area contributed by atoms with E-state index in [2.05, 4.69) is 20.8 Å². The van der Waals surface area contributed by atoms with E-state index in [0.717, 1.165) is 32.4 Å². The monoisotopic (exact) mass is 371 g/mol. The number of carbonyl (C=O) groups is 1. The van der Waals surface area contributed by atoms with Crippen LogP contribution in [0.2, 0.25) is 0 Å². The average molecular weight is 371 g/mol. The molecule has 4 rings (SSSR count). The highest BCUT2D eigenvalue weighted by atomic mass is 19.1. The lowest BCUT2D eigenvalue weighted by Gasteiger charge is -2.34. The molecule has 142 valence electrons. The van der Waals surface area contributed by atoms with Gasteiger partial charge in [-0.2, -0.15) is 0 Å². The van der Waals surface area contributed by atoms with Crippen LogP contribution in [0.5, 0.6) is 11.6 Å². The second-order valence-electron chi connectivity index (χ2n) is 6.81. The number of para-hydroxylation sites is 1. The van der Waals surface area contributed by atoms with E-state index in [4.69, 9.17) is 4.74 Å². The molecule has 0 spiro atoms. The number of hydrogen-bond donors (Lipinski definition) is 2. The van der Waals surface area contributed by atoms with Gasteiger partial charge in [0.15, 0.2) is 11.6 Å². The number of likely N-dealkylation sites (tertiary alicyclic amines) is 1. The third kappa shape index (κ3) is 3.91. The Hall–Kier alpha value is -2.58. The number of hydrogen-bond acceptors (Lipinski definition) is 6. The number of piperidine rings is 1. The standard InChI is InChI=1S/C19H22FN5O2/c20-14-5-1-2-6-16(14)27-18-17(21-9-10-22-18)13-4-3-11-25(12-13)19(26)15-7-8-23-24-15/h1-2,5-6,9-10,13,15,23-24H,3-4,7-8,11-12H2. The summed E-state index contributed by atoms with van der Waals surface area (Å²) in [6.07, 6.45) is 5.68. The third-order valence-electron chi connectivity index (χ3n) is 4.99. The molecule has 1 aromatic carbocycles. The van der Waals surface area contributed by atoms with E-state index < -0.39 is 5.82 Å². The number of hydrazine groups is 1. The quantitative estimate of drug-likeness (QED) is 0.856. The Bertz CT molecular complexity index is 812. The number of nitrogens with zero attached hydrogens (tertiary/aromatic N) is 3. The molecule has 0 bridgehead atoms. The third-order valence-corrected chi connectivity index (χ3v) is 4.99. The van der Waals surface area contributed by atoms with Crippen molar-refractivity contribution in [2.24, 2.45) is 0 Å². The predicted octanol–water partition coefficient (Wildman–Crippen LogP) is 1.98. The maximum Gasteiger partial charge on any atom is 0.241 e. The van der Waals surface area contributed by atoms with Crippen LogP contribution in [0.1, 0.15) is 30.9 Å². The summed E-state index contributed by atoms with van der Waals surface area (Å²) in [6.45, 7) is 2.08. The van der Waals surface area contributed by atoms with Crippen molar-refractivity contribution >= 4 is 5.91 Å². The largest absolute Gasteiger partial charge is 0.434 e. The molecule has 2 aliphatic rings. The van der Waals surface area contributed by atoms with Gasteiger partial charge in [-0.25, -0.2) is 14.8 Å². The Morgan fingerprint density at radius 2 is 2.07 bits per heavy atom. The van der Waals surface area contributed by atoms with Crippen LogP contribution in [0.3, 0.4) is 0 Å². The smallest absolute Gasteiger partial charge is 0.241 e. The van der Waals surface area contributed by atoms with Gasteiger partial charge in [-0.05, 0) is 31.4 Å². The molecule has 2 aromatic rings. The first kappa shape index (κ1) is 17.8. The second-order valence-corrected chi connectivity index (χ2v) is 6.81. The van der Waals surface area contributed by atoms with Crippen LogP contribution in [0.25, 0.3) is 0 Å². The number of aromatic nitrogens is 2. The van der Waals surface area contributed by atoms with Crippen molar-refractivity contribution in [3.05, 3.63) is 48.2 Å². The molecule has 2 atom stereocenters. The number of carbonyl (C=O) groups excluding carboxylic acids is 1. The molecule has 2 fully saturated rings. The first-order valence-corrected chi connectivity index (χ1v) is 9.23. The summed E-state index contributed by atoms with van der Waals surface area (Å²) in [4.78, 5) is 23.3. The summed E-state index contributed by atoms with van der Waals surface area (Å²) in [5.74, 6) is 0.0684. The fraction of sp³-hybridized carbons (Fsp3) is 0.421. The zero-order valence-corrected chi connectivity index (χ0v) is 14.9. The zero-order valence-electron chi connectivity index (χ0n) is 14.9. The van der Waals surface area contributed by atoms with E-state index >= 15 is 0 Å². The number of rotatable bonds is 4. The van der Waals surface area contributed by atoms with Crippen LogP contribution < -0.4 is 15.6 Å². The minimum Gasteiger partial charge on any atom is -0.434 e. The number of benzene rings is 1. The molecule has 1 aromatic heterocycles. The molecule has 0 aliphatic carbocycles. The van der Waals surface area contributed by atoms with E-state index in [0.29, 0.717) is 18.1 Å². The molecule has 2 unspecified atom stereocenters. The summed E-state index contributed by atoms with van der Waals surface area (Å²) in [6, 6.07) is 6.03. The van der Waals surface area contributed by atoms with Crippen molar-refractivity contribution in [2.75, 3.05) is 19.6 Å². The Morgan fingerprint density at radius 1 is 1.22 bits per heavy atom. The highest BCUT2D eigenvalue weighted by Gasteiger charge is 2.32. The van der Waals surface area contributed by atoms with Crippen molar-refractivity contribution in [3.63, 3.8) is 0 Å². The Labute approximate surface area is 156 Å². The molecular formula is C19H22FN5O2. The fourth-order valence-corrected chi connectivity index (χ4v) is 3.62. The molecule has 8 heteroatoms. The van der Waals surface area contributed by atoms with Crippen molar-refractivity contribution in [1.82, 2.24) is 25.7 Å². The van der Waals surface area contributed by atoms with Gasteiger partial charge in [0.25, 0.3) is 0 Å². The Morgan fingerprint density at radius 3 is 2.89 bits per heavy atom. The summed E-state index contributed by atoms with van der Waals surface area (Å²) in [7, 11) is 0. The SMILES string of the molecule is O=C(C1CCNN1)N1CCCC(c2nccnc2Oc2ccccc2F)C1. The molecule has 2 aliphatic heterocycles. The lowest BCUT2D eigenvalue weighted by Crippen LogP contribution is -2.48. The molecule has 1 amide bonds. The minimum atomic E-state index is -0.450. The van der Waals surface area contributed by atoms with Crippen LogP contribution in [0.4, 0.5) is 4.39 Å². The summed E-state index contributed by atoms with van der Waals surface area (Å²) in [5.41, 5.74) is 6.69. The van der Waals surface area contributed by atoms with Gasteiger partial charge in [-0.1, -0.05) is 12.1 Å². The number of amides is 1. The van der Waals surface area contributed by atoms with Crippen molar-refractivity contribution < 1.29 is 13.9 Å². The van der Waals surface area contributed by atoms with Crippen LogP contribution in [-0.2, 0) is 4.79 Å². The molecule has 2 saturated heterocycles. The van der Waals surface area contributed by atoms with Crippen LogP contribution in [0.15, 0.2) is 36.7 Å². The van der Waals surface area contributed by atoms with Gasteiger partial charge in [0, 0.05) is 37.9 Å².